The Hall–Kier alpha value is -1.10. The Labute approximate surface area is 90.8 Å². The second kappa shape index (κ2) is 5.11. The monoisotopic (exact) mass is 215 g/mol. The number of rotatable bonds is 4. The van der Waals surface area contributed by atoms with Crippen LogP contribution < -0.4 is 16.4 Å². The highest BCUT2D eigenvalue weighted by Gasteiger charge is 2.31. The fourth-order valence-electron chi connectivity index (χ4n) is 1.11. The van der Waals surface area contributed by atoms with Crippen molar-refractivity contribution in [2.75, 3.05) is 7.05 Å². The van der Waals surface area contributed by atoms with Crippen molar-refractivity contribution in [2.45, 2.75) is 39.8 Å². The SMILES string of the molecule is CN[C@@H](C)C(=O)N[C@H](C(N)=O)C(C)(C)C. The van der Waals surface area contributed by atoms with E-state index in [1.165, 1.54) is 0 Å². The zero-order valence-electron chi connectivity index (χ0n) is 10.0. The summed E-state index contributed by atoms with van der Waals surface area (Å²) in [7, 11) is 1.68. The van der Waals surface area contributed by atoms with Crippen LogP contribution in [0.4, 0.5) is 0 Å². The van der Waals surface area contributed by atoms with E-state index in [0.717, 1.165) is 0 Å². The number of carbonyl (C=O) groups is 2. The first-order valence-corrected chi connectivity index (χ1v) is 4.97. The van der Waals surface area contributed by atoms with Crippen LogP contribution in [0.5, 0.6) is 0 Å². The highest BCUT2D eigenvalue weighted by atomic mass is 16.2. The molecule has 0 aliphatic carbocycles. The van der Waals surface area contributed by atoms with E-state index in [1.54, 1.807) is 14.0 Å². The van der Waals surface area contributed by atoms with Crippen LogP contribution in [0.2, 0.25) is 0 Å². The Morgan fingerprint density at radius 1 is 1.27 bits per heavy atom. The normalized spacial score (nSPS) is 15.5. The Kier molecular flexibility index (Phi) is 4.74. The van der Waals surface area contributed by atoms with Crippen LogP contribution in [-0.4, -0.2) is 30.9 Å². The van der Waals surface area contributed by atoms with Gasteiger partial charge in [0.1, 0.15) is 6.04 Å². The third-order valence-corrected chi connectivity index (χ3v) is 2.26. The molecule has 2 amide bonds. The largest absolute Gasteiger partial charge is 0.368 e. The highest BCUT2D eigenvalue weighted by molar-refractivity contribution is 5.89. The van der Waals surface area contributed by atoms with E-state index in [4.69, 9.17) is 5.73 Å². The predicted octanol–water partition coefficient (Wildman–Crippen LogP) is -0.389. The summed E-state index contributed by atoms with van der Waals surface area (Å²) >= 11 is 0. The van der Waals surface area contributed by atoms with Crippen LogP contribution in [-0.2, 0) is 9.59 Å². The highest BCUT2D eigenvalue weighted by Crippen LogP contribution is 2.18. The molecule has 0 aromatic rings. The van der Waals surface area contributed by atoms with Gasteiger partial charge in [0.2, 0.25) is 11.8 Å². The van der Waals surface area contributed by atoms with Crippen LogP contribution >= 0.6 is 0 Å². The van der Waals surface area contributed by atoms with Gasteiger partial charge < -0.3 is 16.4 Å². The zero-order valence-corrected chi connectivity index (χ0v) is 10.0. The molecule has 88 valence electrons. The fourth-order valence-corrected chi connectivity index (χ4v) is 1.11. The fraction of sp³-hybridized carbons (Fsp3) is 0.800. The lowest BCUT2D eigenvalue weighted by molar-refractivity contribution is -0.130. The van der Waals surface area contributed by atoms with Gasteiger partial charge in [-0.15, -0.1) is 0 Å². The molecule has 0 aliphatic rings. The van der Waals surface area contributed by atoms with Crippen molar-refractivity contribution in [3.05, 3.63) is 0 Å². The molecular formula is C10H21N3O2. The number of hydrogen-bond donors (Lipinski definition) is 3. The number of primary amides is 1. The van der Waals surface area contributed by atoms with E-state index in [-0.39, 0.29) is 17.4 Å². The van der Waals surface area contributed by atoms with Gasteiger partial charge in [-0.1, -0.05) is 20.8 Å². The minimum atomic E-state index is -0.652. The van der Waals surface area contributed by atoms with Gasteiger partial charge in [-0.05, 0) is 19.4 Å². The molecule has 5 nitrogen and oxygen atoms in total. The summed E-state index contributed by atoms with van der Waals surface area (Å²) in [5.74, 6) is -0.740. The van der Waals surface area contributed by atoms with Crippen molar-refractivity contribution in [1.29, 1.82) is 0 Å². The third kappa shape index (κ3) is 4.29. The van der Waals surface area contributed by atoms with Crippen LogP contribution in [0, 0.1) is 5.41 Å². The average Bonchev–Trinajstić information content (AvgIpc) is 2.09. The van der Waals surface area contributed by atoms with Gasteiger partial charge in [0.05, 0.1) is 6.04 Å². The van der Waals surface area contributed by atoms with Crippen molar-refractivity contribution in [3.8, 4) is 0 Å². The van der Waals surface area contributed by atoms with Crippen LogP contribution in [0.1, 0.15) is 27.7 Å². The number of nitrogens with two attached hydrogens (primary N) is 1. The summed E-state index contributed by atoms with van der Waals surface area (Å²) < 4.78 is 0. The smallest absolute Gasteiger partial charge is 0.240 e. The van der Waals surface area contributed by atoms with Crippen molar-refractivity contribution in [2.24, 2.45) is 11.1 Å². The van der Waals surface area contributed by atoms with E-state index in [0.29, 0.717) is 0 Å². The molecule has 0 heterocycles. The molecule has 0 bridgehead atoms. The minimum absolute atomic E-state index is 0.226. The molecule has 0 fully saturated rings. The molecule has 0 aliphatic heterocycles. The van der Waals surface area contributed by atoms with Gasteiger partial charge in [-0.2, -0.15) is 0 Å². The molecular weight excluding hydrogens is 194 g/mol. The second-order valence-electron chi connectivity index (χ2n) is 4.72. The van der Waals surface area contributed by atoms with Crippen molar-refractivity contribution < 1.29 is 9.59 Å². The predicted molar refractivity (Wildman–Crippen MR) is 59.1 cm³/mol. The maximum Gasteiger partial charge on any atom is 0.240 e. The summed E-state index contributed by atoms with van der Waals surface area (Å²) in [6, 6.07) is -0.991. The zero-order chi connectivity index (χ0) is 12.2. The van der Waals surface area contributed by atoms with E-state index in [2.05, 4.69) is 10.6 Å². The van der Waals surface area contributed by atoms with Crippen molar-refractivity contribution in [3.63, 3.8) is 0 Å². The Morgan fingerprint density at radius 2 is 1.73 bits per heavy atom. The van der Waals surface area contributed by atoms with Crippen LogP contribution in [0.15, 0.2) is 0 Å². The molecule has 4 N–H and O–H groups in total. The molecule has 0 saturated carbocycles. The molecule has 0 spiro atoms. The van der Waals surface area contributed by atoms with E-state index >= 15 is 0 Å². The Morgan fingerprint density at radius 3 is 2.00 bits per heavy atom. The quantitative estimate of drug-likeness (QED) is 0.597. The molecule has 0 radical (unpaired) electrons. The molecule has 0 saturated heterocycles. The number of hydrogen-bond acceptors (Lipinski definition) is 3. The van der Waals surface area contributed by atoms with Gasteiger partial charge in [-0.3, -0.25) is 9.59 Å². The van der Waals surface area contributed by atoms with E-state index < -0.39 is 11.9 Å². The Balaban J connectivity index is 4.58. The Bertz CT molecular complexity index is 246. The lowest BCUT2D eigenvalue weighted by atomic mass is 9.86. The summed E-state index contributed by atoms with van der Waals surface area (Å²) in [6.07, 6.45) is 0. The second-order valence-corrected chi connectivity index (χ2v) is 4.72. The van der Waals surface area contributed by atoms with Gasteiger partial charge >= 0.3 is 0 Å². The average molecular weight is 215 g/mol. The van der Waals surface area contributed by atoms with Gasteiger partial charge in [-0.25, -0.2) is 0 Å². The standard InChI is InChI=1S/C10H21N3O2/c1-6(12-5)9(15)13-7(8(11)14)10(2,3)4/h6-7,12H,1-5H3,(H2,11,14)(H,13,15)/t6-,7+/m0/s1. The first-order valence-electron chi connectivity index (χ1n) is 4.97. The third-order valence-electron chi connectivity index (χ3n) is 2.26. The van der Waals surface area contributed by atoms with E-state index in [9.17, 15) is 9.59 Å². The lowest BCUT2D eigenvalue weighted by Crippen LogP contribution is -2.55. The molecule has 0 aromatic heterocycles. The lowest BCUT2D eigenvalue weighted by Gasteiger charge is -2.29. The molecule has 15 heavy (non-hydrogen) atoms. The van der Waals surface area contributed by atoms with Gasteiger partial charge in [0.25, 0.3) is 0 Å². The first-order chi connectivity index (χ1) is 6.70. The van der Waals surface area contributed by atoms with Crippen molar-refractivity contribution in [1.82, 2.24) is 10.6 Å². The minimum Gasteiger partial charge on any atom is -0.368 e. The van der Waals surface area contributed by atoms with Crippen LogP contribution in [0.25, 0.3) is 0 Å². The topological polar surface area (TPSA) is 84.2 Å². The van der Waals surface area contributed by atoms with Crippen LogP contribution in [0.3, 0.4) is 0 Å². The first kappa shape index (κ1) is 13.9. The summed E-state index contributed by atoms with van der Waals surface area (Å²) in [6.45, 7) is 7.28. The summed E-state index contributed by atoms with van der Waals surface area (Å²) in [4.78, 5) is 22.7. The molecule has 5 heteroatoms. The summed E-state index contributed by atoms with van der Waals surface area (Å²) in [5, 5.41) is 5.43. The molecule has 0 unspecified atom stereocenters. The number of carbonyl (C=O) groups excluding carboxylic acids is 2. The summed E-state index contributed by atoms with van der Waals surface area (Å²) in [5.41, 5.74) is 4.86. The number of likely N-dealkylation sites (N-methyl/N-ethyl adjacent to an activating group) is 1. The van der Waals surface area contributed by atoms with Gasteiger partial charge in [0.15, 0.2) is 0 Å². The molecule has 0 aromatic carbocycles. The number of nitrogens with one attached hydrogen (secondary N) is 2. The maximum atomic E-state index is 11.6. The van der Waals surface area contributed by atoms with Crippen molar-refractivity contribution >= 4 is 11.8 Å². The van der Waals surface area contributed by atoms with E-state index in [1.807, 2.05) is 20.8 Å². The number of amides is 2. The van der Waals surface area contributed by atoms with Gasteiger partial charge in [0, 0.05) is 0 Å². The maximum absolute atomic E-state index is 11.6. The molecule has 2 atom stereocenters. The molecule has 0 rings (SSSR count).